The van der Waals surface area contributed by atoms with Crippen LogP contribution in [-0.2, 0) is 6.18 Å². The van der Waals surface area contributed by atoms with Crippen LogP contribution in [0.5, 0.6) is 0 Å². The molecule has 90 valence electrons. The number of hydrogen-bond donors (Lipinski definition) is 1. The van der Waals surface area contributed by atoms with Crippen molar-refractivity contribution >= 4 is 0 Å². The molecule has 0 radical (unpaired) electrons. The molecule has 0 aliphatic rings. The Hall–Kier alpha value is -1.10. The Morgan fingerprint density at radius 2 is 1.75 bits per heavy atom. The maximum Gasteiger partial charge on any atom is 0.416 e. The van der Waals surface area contributed by atoms with E-state index in [2.05, 4.69) is 0 Å². The molecule has 0 aliphatic heterocycles. The first kappa shape index (κ1) is 13.0. The van der Waals surface area contributed by atoms with Gasteiger partial charge in [-0.05, 0) is 18.1 Å². The predicted octanol–water partition coefficient (Wildman–Crippen LogP) is 3.53. The van der Waals surface area contributed by atoms with Crippen molar-refractivity contribution in [3.8, 4) is 0 Å². The molecule has 0 saturated carbocycles. The Balaban J connectivity index is 3.35. The second-order valence-corrected chi connectivity index (χ2v) is 3.89. The molecule has 1 nitrogen and oxygen atoms in total. The van der Waals surface area contributed by atoms with E-state index < -0.39 is 35.1 Å². The van der Waals surface area contributed by atoms with Crippen LogP contribution in [0.1, 0.15) is 31.1 Å². The summed E-state index contributed by atoms with van der Waals surface area (Å²) in [6.07, 6.45) is -6.12. The number of benzene rings is 1. The Labute approximate surface area is 90.7 Å². The smallest absolute Gasteiger partial charge is 0.388 e. The molecule has 1 atom stereocenters. The fourth-order valence-corrected chi connectivity index (χ4v) is 1.42. The third-order valence-corrected chi connectivity index (χ3v) is 2.29. The van der Waals surface area contributed by atoms with Crippen LogP contribution in [-0.4, -0.2) is 5.11 Å². The molecule has 0 aliphatic carbocycles. The number of aliphatic hydroxyl groups excluding tert-OH is 1. The van der Waals surface area contributed by atoms with Gasteiger partial charge in [-0.1, -0.05) is 19.9 Å². The van der Waals surface area contributed by atoms with Crippen LogP contribution in [0.25, 0.3) is 0 Å². The number of halogens is 4. The number of rotatable bonds is 2. The summed E-state index contributed by atoms with van der Waals surface area (Å²) in [6, 6.07) is 2.66. The van der Waals surface area contributed by atoms with Crippen molar-refractivity contribution in [2.45, 2.75) is 26.1 Å². The van der Waals surface area contributed by atoms with Crippen LogP contribution in [0.3, 0.4) is 0 Å². The van der Waals surface area contributed by atoms with Crippen LogP contribution >= 0.6 is 0 Å². The normalized spacial score (nSPS) is 14.2. The quantitative estimate of drug-likeness (QED) is 0.779. The number of aliphatic hydroxyl groups is 1. The minimum Gasteiger partial charge on any atom is -0.388 e. The van der Waals surface area contributed by atoms with E-state index in [1.165, 1.54) is 13.8 Å². The molecule has 1 aromatic rings. The summed E-state index contributed by atoms with van der Waals surface area (Å²) >= 11 is 0. The first-order chi connectivity index (χ1) is 7.25. The Bertz CT molecular complexity index is 371. The summed E-state index contributed by atoms with van der Waals surface area (Å²) in [5.41, 5.74) is -1.79. The lowest BCUT2D eigenvalue weighted by atomic mass is 9.94. The summed E-state index contributed by atoms with van der Waals surface area (Å²) in [5, 5.41) is 9.58. The van der Waals surface area contributed by atoms with Gasteiger partial charge in [0.05, 0.1) is 11.7 Å². The summed E-state index contributed by atoms with van der Waals surface area (Å²) < 4.78 is 51.1. The first-order valence-corrected chi connectivity index (χ1v) is 4.78. The Morgan fingerprint density at radius 1 is 1.19 bits per heavy atom. The van der Waals surface area contributed by atoms with Gasteiger partial charge in [0.1, 0.15) is 5.82 Å². The summed E-state index contributed by atoms with van der Waals surface area (Å²) in [4.78, 5) is 0. The minimum atomic E-state index is -4.66. The van der Waals surface area contributed by atoms with E-state index in [-0.39, 0.29) is 0 Å². The van der Waals surface area contributed by atoms with E-state index in [1.807, 2.05) is 0 Å². The second kappa shape index (κ2) is 4.41. The van der Waals surface area contributed by atoms with Gasteiger partial charge in [-0.2, -0.15) is 13.2 Å². The van der Waals surface area contributed by atoms with Crippen LogP contribution in [0.15, 0.2) is 18.2 Å². The topological polar surface area (TPSA) is 20.2 Å². The maximum atomic E-state index is 13.3. The molecule has 0 heterocycles. The lowest BCUT2D eigenvalue weighted by Gasteiger charge is -2.20. The molecule has 0 amide bonds. The van der Waals surface area contributed by atoms with Gasteiger partial charge in [0.15, 0.2) is 0 Å². The molecule has 1 N–H and O–H groups in total. The SMILES string of the molecule is CC(C)C(O)c1c(F)cccc1C(F)(F)F. The molecule has 0 aromatic heterocycles. The maximum absolute atomic E-state index is 13.3. The third-order valence-electron chi connectivity index (χ3n) is 2.29. The van der Waals surface area contributed by atoms with Gasteiger partial charge in [0.25, 0.3) is 0 Å². The molecule has 1 unspecified atom stereocenters. The van der Waals surface area contributed by atoms with Crippen molar-refractivity contribution in [1.82, 2.24) is 0 Å². The molecule has 0 saturated heterocycles. The van der Waals surface area contributed by atoms with Gasteiger partial charge in [-0.15, -0.1) is 0 Å². The Morgan fingerprint density at radius 3 is 2.19 bits per heavy atom. The summed E-state index contributed by atoms with van der Waals surface area (Å²) in [5.74, 6) is -1.52. The highest BCUT2D eigenvalue weighted by molar-refractivity contribution is 5.33. The zero-order chi connectivity index (χ0) is 12.5. The van der Waals surface area contributed by atoms with E-state index in [0.29, 0.717) is 0 Å². The predicted molar refractivity (Wildman–Crippen MR) is 51.2 cm³/mol. The van der Waals surface area contributed by atoms with E-state index in [9.17, 15) is 22.7 Å². The fraction of sp³-hybridized carbons (Fsp3) is 0.455. The molecule has 16 heavy (non-hydrogen) atoms. The molecule has 0 fully saturated rings. The lowest BCUT2D eigenvalue weighted by molar-refractivity contribution is -0.139. The lowest BCUT2D eigenvalue weighted by Crippen LogP contribution is -2.16. The number of alkyl halides is 3. The zero-order valence-corrected chi connectivity index (χ0v) is 8.85. The molecule has 1 rings (SSSR count). The number of hydrogen-bond acceptors (Lipinski definition) is 1. The third kappa shape index (κ3) is 2.52. The van der Waals surface area contributed by atoms with Gasteiger partial charge in [0.2, 0.25) is 0 Å². The van der Waals surface area contributed by atoms with E-state index in [1.54, 1.807) is 0 Å². The average Bonchev–Trinajstić information content (AvgIpc) is 2.14. The highest BCUT2D eigenvalue weighted by Crippen LogP contribution is 2.37. The average molecular weight is 236 g/mol. The van der Waals surface area contributed by atoms with Crippen LogP contribution in [0, 0.1) is 11.7 Å². The molecular weight excluding hydrogens is 224 g/mol. The molecule has 5 heteroatoms. The van der Waals surface area contributed by atoms with Crippen molar-refractivity contribution in [2.24, 2.45) is 5.92 Å². The van der Waals surface area contributed by atoms with E-state index >= 15 is 0 Å². The largest absolute Gasteiger partial charge is 0.416 e. The molecule has 0 spiro atoms. The van der Waals surface area contributed by atoms with Crippen LogP contribution in [0.4, 0.5) is 17.6 Å². The summed E-state index contributed by atoms with van der Waals surface area (Å²) in [7, 11) is 0. The second-order valence-electron chi connectivity index (χ2n) is 3.89. The highest BCUT2D eigenvalue weighted by atomic mass is 19.4. The fourth-order valence-electron chi connectivity index (χ4n) is 1.42. The van der Waals surface area contributed by atoms with Crippen molar-refractivity contribution in [1.29, 1.82) is 0 Å². The van der Waals surface area contributed by atoms with E-state index in [0.717, 1.165) is 18.2 Å². The van der Waals surface area contributed by atoms with Crippen molar-refractivity contribution < 1.29 is 22.7 Å². The van der Waals surface area contributed by atoms with Crippen LogP contribution < -0.4 is 0 Å². The minimum absolute atomic E-state index is 0.488. The van der Waals surface area contributed by atoms with E-state index in [4.69, 9.17) is 0 Å². The van der Waals surface area contributed by atoms with Gasteiger partial charge >= 0.3 is 6.18 Å². The standard InChI is InChI=1S/C11H12F4O/c1-6(2)10(16)9-7(11(13,14)15)4-3-5-8(9)12/h3-6,10,16H,1-2H3. The van der Waals surface area contributed by atoms with Crippen molar-refractivity contribution in [3.05, 3.63) is 35.1 Å². The van der Waals surface area contributed by atoms with Gasteiger partial charge in [-0.3, -0.25) is 0 Å². The molecule has 0 bridgehead atoms. The van der Waals surface area contributed by atoms with Crippen LogP contribution in [0.2, 0.25) is 0 Å². The first-order valence-electron chi connectivity index (χ1n) is 4.78. The molecule has 1 aromatic carbocycles. The Kier molecular flexibility index (Phi) is 3.57. The van der Waals surface area contributed by atoms with Gasteiger partial charge in [-0.25, -0.2) is 4.39 Å². The van der Waals surface area contributed by atoms with Gasteiger partial charge in [0, 0.05) is 5.56 Å². The summed E-state index contributed by atoms with van der Waals surface area (Å²) in [6.45, 7) is 3.05. The monoisotopic (exact) mass is 236 g/mol. The zero-order valence-electron chi connectivity index (χ0n) is 8.85. The van der Waals surface area contributed by atoms with Crippen molar-refractivity contribution in [3.63, 3.8) is 0 Å². The van der Waals surface area contributed by atoms with Gasteiger partial charge < -0.3 is 5.11 Å². The molecular formula is C11H12F4O. The van der Waals surface area contributed by atoms with Crippen molar-refractivity contribution in [2.75, 3.05) is 0 Å². The highest BCUT2D eigenvalue weighted by Gasteiger charge is 2.36.